The van der Waals surface area contributed by atoms with Crippen LogP contribution in [0.1, 0.15) is 16.7 Å². The number of rotatable bonds is 4. The number of nitrogens with zero attached hydrogens (tertiary/aromatic N) is 3. The Morgan fingerprint density at radius 1 is 1.31 bits per heavy atom. The average Bonchev–Trinajstić information content (AvgIpc) is 3.29. The first-order valence-corrected chi connectivity index (χ1v) is 9.47. The smallest absolute Gasteiger partial charge is 0.268 e. The minimum atomic E-state index is 0.156. The molecule has 4 rings (SSSR count). The highest BCUT2D eigenvalue weighted by atomic mass is 32.1. The molecule has 0 spiro atoms. The van der Waals surface area contributed by atoms with E-state index in [1.54, 1.807) is 18.4 Å². The number of piperazine rings is 1. The molecule has 1 N–H and O–H groups in total. The lowest BCUT2D eigenvalue weighted by Crippen LogP contribution is -2.44. The van der Waals surface area contributed by atoms with E-state index < -0.39 is 0 Å². The lowest BCUT2D eigenvalue weighted by atomic mass is 10.1. The van der Waals surface area contributed by atoms with Crippen molar-refractivity contribution in [3.63, 3.8) is 0 Å². The molecule has 1 atom stereocenters. The van der Waals surface area contributed by atoms with Crippen LogP contribution in [0.2, 0.25) is 0 Å². The molecule has 0 radical (unpaired) electrons. The number of hydrogen-bond acceptors (Lipinski definition) is 7. The van der Waals surface area contributed by atoms with Gasteiger partial charge in [0.15, 0.2) is 5.82 Å². The Labute approximate surface area is 156 Å². The van der Waals surface area contributed by atoms with E-state index in [9.17, 15) is 0 Å². The van der Waals surface area contributed by atoms with Gasteiger partial charge >= 0.3 is 0 Å². The number of thiophene rings is 1. The Balaban J connectivity index is 1.61. The molecule has 136 valence electrons. The lowest BCUT2D eigenvalue weighted by Gasteiger charge is -2.30. The third-order valence-electron chi connectivity index (χ3n) is 4.78. The number of hydrogen-bond donors (Lipinski definition) is 1. The van der Waals surface area contributed by atoms with Crippen LogP contribution < -0.4 is 10.1 Å². The molecule has 6 nitrogen and oxygen atoms in total. The van der Waals surface area contributed by atoms with Crippen LogP contribution in [-0.4, -0.2) is 48.8 Å². The number of ether oxygens (including phenoxy) is 1. The lowest BCUT2D eigenvalue weighted by molar-refractivity contribution is 0.190. The maximum absolute atomic E-state index is 5.57. The fourth-order valence-electron chi connectivity index (χ4n) is 3.21. The molecule has 1 aliphatic rings. The van der Waals surface area contributed by atoms with Gasteiger partial charge < -0.3 is 14.6 Å². The Morgan fingerprint density at radius 2 is 2.12 bits per heavy atom. The topological polar surface area (TPSA) is 63.4 Å². The van der Waals surface area contributed by atoms with Crippen molar-refractivity contribution < 1.29 is 9.26 Å². The minimum absolute atomic E-state index is 0.156. The van der Waals surface area contributed by atoms with Crippen molar-refractivity contribution in [2.24, 2.45) is 0 Å². The summed E-state index contributed by atoms with van der Waals surface area (Å²) in [5.74, 6) is 2.19. The first-order valence-electron chi connectivity index (χ1n) is 8.65. The van der Waals surface area contributed by atoms with Crippen molar-refractivity contribution in [2.75, 3.05) is 33.8 Å². The zero-order valence-electron chi connectivity index (χ0n) is 15.2. The van der Waals surface area contributed by atoms with Gasteiger partial charge in [-0.1, -0.05) is 17.3 Å². The summed E-state index contributed by atoms with van der Waals surface area (Å²) in [6.45, 7) is 4.93. The van der Waals surface area contributed by atoms with Gasteiger partial charge in [0.1, 0.15) is 5.75 Å². The van der Waals surface area contributed by atoms with Gasteiger partial charge in [-0.3, -0.25) is 4.90 Å². The van der Waals surface area contributed by atoms with E-state index in [4.69, 9.17) is 9.26 Å². The fourth-order valence-corrected chi connectivity index (χ4v) is 4.17. The number of methoxy groups -OCH3 is 1. The van der Waals surface area contributed by atoms with Gasteiger partial charge in [-0.15, -0.1) is 11.3 Å². The monoisotopic (exact) mass is 370 g/mol. The molecule has 1 aromatic carbocycles. The van der Waals surface area contributed by atoms with Crippen molar-refractivity contribution in [3.05, 3.63) is 41.0 Å². The van der Waals surface area contributed by atoms with E-state index in [0.717, 1.165) is 41.6 Å². The number of benzene rings is 1. The van der Waals surface area contributed by atoms with E-state index >= 15 is 0 Å². The number of likely N-dealkylation sites (N-methyl/N-ethyl adjacent to an activating group) is 1. The molecule has 1 fully saturated rings. The zero-order valence-corrected chi connectivity index (χ0v) is 16.0. The van der Waals surface area contributed by atoms with Crippen molar-refractivity contribution in [2.45, 2.75) is 13.0 Å². The summed E-state index contributed by atoms with van der Waals surface area (Å²) in [4.78, 5) is 9.14. The highest BCUT2D eigenvalue weighted by Gasteiger charge is 2.26. The molecule has 0 saturated carbocycles. The predicted molar refractivity (Wildman–Crippen MR) is 103 cm³/mol. The SMILES string of the molecule is COc1ccc(-c2cc(-c3nc(C4CNCCN4C)no3)sc2C)cc1. The van der Waals surface area contributed by atoms with E-state index in [1.165, 1.54) is 10.4 Å². The first-order chi connectivity index (χ1) is 12.7. The van der Waals surface area contributed by atoms with Gasteiger partial charge in [-0.05, 0) is 43.3 Å². The largest absolute Gasteiger partial charge is 0.497 e. The molecular weight excluding hydrogens is 348 g/mol. The second kappa shape index (κ2) is 7.19. The Hall–Kier alpha value is -2.22. The van der Waals surface area contributed by atoms with Gasteiger partial charge in [-0.25, -0.2) is 0 Å². The van der Waals surface area contributed by atoms with Gasteiger partial charge in [0.25, 0.3) is 5.89 Å². The number of aromatic nitrogens is 2. The Kier molecular flexibility index (Phi) is 4.76. The standard InChI is InChI=1S/C19H22N4O2S/c1-12-15(13-4-6-14(24-3)7-5-13)10-17(26-12)19-21-18(22-25-19)16-11-20-8-9-23(16)2/h4-7,10,16,20H,8-9,11H2,1-3H3. The summed E-state index contributed by atoms with van der Waals surface area (Å²) in [6, 6.07) is 10.4. The molecule has 3 aromatic rings. The van der Waals surface area contributed by atoms with Crippen LogP contribution in [0.15, 0.2) is 34.9 Å². The molecule has 1 unspecified atom stereocenters. The highest BCUT2D eigenvalue weighted by molar-refractivity contribution is 7.15. The average molecular weight is 370 g/mol. The second-order valence-electron chi connectivity index (χ2n) is 6.47. The Bertz CT molecular complexity index is 887. The molecule has 0 aliphatic carbocycles. The third kappa shape index (κ3) is 3.25. The van der Waals surface area contributed by atoms with Crippen molar-refractivity contribution in [3.8, 4) is 27.6 Å². The molecular formula is C19H22N4O2S. The molecule has 3 heterocycles. The van der Waals surface area contributed by atoms with Crippen LogP contribution in [0.5, 0.6) is 5.75 Å². The number of aryl methyl sites for hydroxylation is 1. The predicted octanol–water partition coefficient (Wildman–Crippen LogP) is 3.36. The molecule has 7 heteroatoms. The van der Waals surface area contributed by atoms with Crippen LogP contribution in [0, 0.1) is 6.92 Å². The van der Waals surface area contributed by atoms with E-state index in [-0.39, 0.29) is 6.04 Å². The minimum Gasteiger partial charge on any atom is -0.497 e. The van der Waals surface area contributed by atoms with Crippen molar-refractivity contribution in [1.82, 2.24) is 20.4 Å². The van der Waals surface area contributed by atoms with Gasteiger partial charge in [0, 0.05) is 24.5 Å². The summed E-state index contributed by atoms with van der Waals surface area (Å²) >= 11 is 1.68. The third-order valence-corrected chi connectivity index (χ3v) is 5.82. The summed E-state index contributed by atoms with van der Waals surface area (Å²) in [6.07, 6.45) is 0. The highest BCUT2D eigenvalue weighted by Crippen LogP contribution is 2.37. The molecule has 1 saturated heterocycles. The molecule has 0 bridgehead atoms. The maximum atomic E-state index is 5.57. The van der Waals surface area contributed by atoms with Crippen LogP contribution in [0.3, 0.4) is 0 Å². The van der Waals surface area contributed by atoms with Crippen LogP contribution >= 0.6 is 11.3 Å². The molecule has 1 aliphatic heterocycles. The maximum Gasteiger partial charge on any atom is 0.268 e. The normalized spacial score (nSPS) is 18.2. The van der Waals surface area contributed by atoms with Crippen LogP contribution in [0.4, 0.5) is 0 Å². The van der Waals surface area contributed by atoms with Crippen molar-refractivity contribution >= 4 is 11.3 Å². The zero-order chi connectivity index (χ0) is 18.1. The molecule has 0 amide bonds. The van der Waals surface area contributed by atoms with Gasteiger partial charge in [0.05, 0.1) is 18.0 Å². The Morgan fingerprint density at radius 3 is 2.85 bits per heavy atom. The van der Waals surface area contributed by atoms with E-state index in [1.807, 2.05) is 12.1 Å². The van der Waals surface area contributed by atoms with E-state index in [0.29, 0.717) is 5.89 Å². The van der Waals surface area contributed by atoms with Crippen LogP contribution in [-0.2, 0) is 0 Å². The quantitative estimate of drug-likeness (QED) is 0.760. The van der Waals surface area contributed by atoms with E-state index in [2.05, 4.69) is 52.5 Å². The van der Waals surface area contributed by atoms with Crippen LogP contribution in [0.25, 0.3) is 21.9 Å². The van der Waals surface area contributed by atoms with Crippen molar-refractivity contribution in [1.29, 1.82) is 0 Å². The summed E-state index contributed by atoms with van der Waals surface area (Å²) < 4.78 is 10.8. The van der Waals surface area contributed by atoms with Gasteiger partial charge in [-0.2, -0.15) is 4.98 Å². The summed E-state index contributed by atoms with van der Waals surface area (Å²) in [7, 11) is 3.77. The first kappa shape index (κ1) is 17.2. The number of nitrogens with one attached hydrogen (secondary N) is 1. The second-order valence-corrected chi connectivity index (χ2v) is 7.72. The van der Waals surface area contributed by atoms with Gasteiger partial charge in [0.2, 0.25) is 0 Å². The molecule has 2 aromatic heterocycles. The fraction of sp³-hybridized carbons (Fsp3) is 0.368. The molecule has 26 heavy (non-hydrogen) atoms. The summed E-state index contributed by atoms with van der Waals surface area (Å²) in [5.41, 5.74) is 2.34. The summed E-state index contributed by atoms with van der Waals surface area (Å²) in [5, 5.41) is 7.61.